The normalized spacial score (nSPS) is 28.8. The molecule has 3 atom stereocenters. The van der Waals surface area contributed by atoms with Crippen molar-refractivity contribution in [3.63, 3.8) is 0 Å². The van der Waals surface area contributed by atoms with Crippen molar-refractivity contribution in [2.75, 3.05) is 37.7 Å². The van der Waals surface area contributed by atoms with Gasteiger partial charge in [-0.3, -0.25) is 4.79 Å². The lowest BCUT2D eigenvalue weighted by atomic mass is 10.0. The average Bonchev–Trinajstić information content (AvgIpc) is 3.47. The lowest BCUT2D eigenvalue weighted by Crippen LogP contribution is -2.55. The predicted octanol–water partition coefficient (Wildman–Crippen LogP) is 0.293. The van der Waals surface area contributed by atoms with Gasteiger partial charge < -0.3 is 24.7 Å². The molecule has 2 aliphatic heterocycles. The van der Waals surface area contributed by atoms with Gasteiger partial charge >= 0.3 is 0 Å². The fourth-order valence-corrected chi connectivity index (χ4v) is 4.04. The standard InChI is InChI=1S/C19H28N4O4/c24-8-1-9-27-17-5-7-23(18(17)26)15-4-6-22(12-16(15)25)19-20-10-14(11-21-19)13-2-3-13/h10-11,13,15-17,24-25H,1-9,12H2/t15-,16-,17-/m1/s1. The largest absolute Gasteiger partial charge is 0.396 e. The number of anilines is 1. The molecule has 27 heavy (non-hydrogen) atoms. The van der Waals surface area contributed by atoms with E-state index in [1.54, 1.807) is 4.90 Å². The van der Waals surface area contributed by atoms with Gasteiger partial charge in [-0.05, 0) is 37.2 Å². The number of piperidine rings is 1. The Hall–Kier alpha value is -1.77. The van der Waals surface area contributed by atoms with Crippen LogP contribution in [0.2, 0.25) is 0 Å². The molecule has 0 spiro atoms. The second kappa shape index (κ2) is 8.08. The Labute approximate surface area is 159 Å². The van der Waals surface area contributed by atoms with Gasteiger partial charge in [-0.2, -0.15) is 0 Å². The molecule has 0 bridgehead atoms. The molecule has 0 radical (unpaired) electrons. The molecule has 2 saturated heterocycles. The number of nitrogens with zero attached hydrogens (tertiary/aromatic N) is 4. The van der Waals surface area contributed by atoms with E-state index in [2.05, 4.69) is 9.97 Å². The Kier molecular flexibility index (Phi) is 5.56. The van der Waals surface area contributed by atoms with E-state index in [0.29, 0.717) is 57.4 Å². The highest BCUT2D eigenvalue weighted by Crippen LogP contribution is 2.39. The van der Waals surface area contributed by atoms with Crippen LogP contribution in [0.4, 0.5) is 5.95 Å². The van der Waals surface area contributed by atoms with E-state index in [1.807, 2.05) is 17.3 Å². The van der Waals surface area contributed by atoms with Crippen LogP contribution in [0, 0.1) is 0 Å². The number of aromatic nitrogens is 2. The Balaban J connectivity index is 1.32. The number of hydrogen-bond acceptors (Lipinski definition) is 7. The summed E-state index contributed by atoms with van der Waals surface area (Å²) in [5, 5.41) is 19.5. The number of aliphatic hydroxyl groups excluding tert-OH is 2. The summed E-state index contributed by atoms with van der Waals surface area (Å²) in [4.78, 5) is 25.3. The lowest BCUT2D eigenvalue weighted by molar-refractivity contribution is -0.141. The molecule has 1 aromatic rings. The van der Waals surface area contributed by atoms with Gasteiger partial charge in [-0.15, -0.1) is 0 Å². The van der Waals surface area contributed by atoms with Gasteiger partial charge in [0.25, 0.3) is 5.91 Å². The van der Waals surface area contributed by atoms with Crippen molar-refractivity contribution in [3.05, 3.63) is 18.0 Å². The Morgan fingerprint density at radius 1 is 1.15 bits per heavy atom. The zero-order valence-corrected chi connectivity index (χ0v) is 15.5. The molecule has 8 heteroatoms. The van der Waals surface area contributed by atoms with Crippen molar-refractivity contribution < 1.29 is 19.7 Å². The summed E-state index contributed by atoms with van der Waals surface area (Å²) in [5.74, 6) is 1.23. The van der Waals surface area contributed by atoms with Gasteiger partial charge in [-0.25, -0.2) is 9.97 Å². The minimum absolute atomic E-state index is 0.0459. The molecule has 3 aliphatic rings. The third kappa shape index (κ3) is 4.07. The number of ether oxygens (including phenoxy) is 1. The van der Waals surface area contributed by atoms with Crippen LogP contribution in [0.1, 0.15) is 43.6 Å². The van der Waals surface area contributed by atoms with Crippen molar-refractivity contribution >= 4 is 11.9 Å². The highest BCUT2D eigenvalue weighted by molar-refractivity contribution is 5.83. The minimum Gasteiger partial charge on any atom is -0.396 e. The van der Waals surface area contributed by atoms with Gasteiger partial charge in [-0.1, -0.05) is 0 Å². The highest BCUT2D eigenvalue weighted by atomic mass is 16.5. The van der Waals surface area contributed by atoms with Crippen LogP contribution < -0.4 is 4.90 Å². The molecule has 4 rings (SSSR count). The summed E-state index contributed by atoms with van der Waals surface area (Å²) in [5.41, 5.74) is 1.20. The molecule has 0 aromatic carbocycles. The number of carbonyl (C=O) groups is 1. The van der Waals surface area contributed by atoms with Crippen LogP contribution in [-0.4, -0.2) is 82.1 Å². The molecule has 2 N–H and O–H groups in total. The molecular weight excluding hydrogens is 348 g/mol. The third-order valence-corrected chi connectivity index (χ3v) is 5.75. The average molecular weight is 376 g/mol. The van der Waals surface area contributed by atoms with Crippen molar-refractivity contribution in [2.45, 2.75) is 56.3 Å². The van der Waals surface area contributed by atoms with Gasteiger partial charge in [0.1, 0.15) is 6.10 Å². The molecule has 3 fully saturated rings. The Morgan fingerprint density at radius 2 is 1.93 bits per heavy atom. The predicted molar refractivity (Wildman–Crippen MR) is 98.4 cm³/mol. The SMILES string of the molecule is O=C1[C@H](OCCCO)CCN1[C@@H]1CCN(c2ncc(C3CC3)cn2)C[C@H]1O. The fraction of sp³-hybridized carbons (Fsp3) is 0.737. The maximum Gasteiger partial charge on any atom is 0.252 e. The number of hydrogen-bond donors (Lipinski definition) is 2. The first-order chi connectivity index (χ1) is 13.2. The number of aliphatic hydroxyl groups is 2. The molecule has 8 nitrogen and oxygen atoms in total. The molecule has 0 unspecified atom stereocenters. The topological polar surface area (TPSA) is 99.0 Å². The van der Waals surface area contributed by atoms with E-state index in [-0.39, 0.29) is 18.6 Å². The van der Waals surface area contributed by atoms with Crippen LogP contribution >= 0.6 is 0 Å². The monoisotopic (exact) mass is 376 g/mol. The van der Waals surface area contributed by atoms with E-state index in [4.69, 9.17) is 9.84 Å². The maximum absolute atomic E-state index is 12.6. The number of carbonyl (C=O) groups excluding carboxylic acids is 1. The Bertz CT molecular complexity index is 652. The second-order valence-corrected chi connectivity index (χ2v) is 7.72. The number of β-amino-alcohol motifs (C(OH)–C–C–N with tert-alkyl or cyclic N) is 1. The van der Waals surface area contributed by atoms with E-state index in [0.717, 1.165) is 0 Å². The van der Waals surface area contributed by atoms with E-state index < -0.39 is 12.2 Å². The summed E-state index contributed by atoms with van der Waals surface area (Å²) >= 11 is 0. The zero-order valence-electron chi connectivity index (χ0n) is 15.5. The fourth-order valence-electron chi connectivity index (χ4n) is 4.04. The first-order valence-corrected chi connectivity index (χ1v) is 9.95. The van der Waals surface area contributed by atoms with Crippen LogP contribution in [0.15, 0.2) is 12.4 Å². The number of rotatable bonds is 7. The first kappa shape index (κ1) is 18.6. The van der Waals surface area contributed by atoms with Gasteiger partial charge in [0, 0.05) is 51.7 Å². The van der Waals surface area contributed by atoms with Crippen LogP contribution in [0.5, 0.6) is 0 Å². The van der Waals surface area contributed by atoms with Crippen molar-refractivity contribution in [3.8, 4) is 0 Å². The molecule has 1 aliphatic carbocycles. The molecule has 148 valence electrons. The van der Waals surface area contributed by atoms with Gasteiger partial charge in [0.05, 0.1) is 12.1 Å². The van der Waals surface area contributed by atoms with Crippen LogP contribution in [0.25, 0.3) is 0 Å². The second-order valence-electron chi connectivity index (χ2n) is 7.72. The van der Waals surface area contributed by atoms with Crippen molar-refractivity contribution in [2.24, 2.45) is 0 Å². The summed E-state index contributed by atoms with van der Waals surface area (Å²) in [6, 6.07) is -0.189. The Morgan fingerprint density at radius 3 is 2.59 bits per heavy atom. The lowest BCUT2D eigenvalue weighted by Gasteiger charge is -2.40. The van der Waals surface area contributed by atoms with Crippen molar-refractivity contribution in [1.82, 2.24) is 14.9 Å². The van der Waals surface area contributed by atoms with E-state index in [1.165, 1.54) is 18.4 Å². The van der Waals surface area contributed by atoms with Gasteiger partial charge in [0.2, 0.25) is 5.95 Å². The quantitative estimate of drug-likeness (QED) is 0.660. The smallest absolute Gasteiger partial charge is 0.252 e. The van der Waals surface area contributed by atoms with Crippen molar-refractivity contribution in [1.29, 1.82) is 0 Å². The number of amides is 1. The minimum atomic E-state index is -0.634. The van der Waals surface area contributed by atoms with Crippen LogP contribution in [-0.2, 0) is 9.53 Å². The van der Waals surface area contributed by atoms with Crippen LogP contribution in [0.3, 0.4) is 0 Å². The van der Waals surface area contributed by atoms with E-state index in [9.17, 15) is 9.90 Å². The first-order valence-electron chi connectivity index (χ1n) is 9.95. The zero-order chi connectivity index (χ0) is 18.8. The summed E-state index contributed by atoms with van der Waals surface area (Å²) in [6.45, 7) is 2.19. The maximum atomic E-state index is 12.6. The summed E-state index contributed by atoms with van der Waals surface area (Å²) in [6.07, 6.45) is 7.03. The highest BCUT2D eigenvalue weighted by Gasteiger charge is 2.41. The molecule has 1 saturated carbocycles. The molecular formula is C19H28N4O4. The molecule has 3 heterocycles. The van der Waals surface area contributed by atoms with Gasteiger partial charge in [0.15, 0.2) is 0 Å². The summed E-state index contributed by atoms with van der Waals surface area (Å²) < 4.78 is 5.57. The molecule has 1 aromatic heterocycles. The van der Waals surface area contributed by atoms with E-state index >= 15 is 0 Å². The molecule has 1 amide bonds. The third-order valence-electron chi connectivity index (χ3n) is 5.75. The number of likely N-dealkylation sites (tertiary alicyclic amines) is 1. The summed E-state index contributed by atoms with van der Waals surface area (Å²) in [7, 11) is 0.